The lowest BCUT2D eigenvalue weighted by atomic mass is 10.1. The Bertz CT molecular complexity index is 727. The number of likely N-dealkylation sites (N-methyl/N-ethyl adjacent to an activating group) is 1. The predicted octanol–water partition coefficient (Wildman–Crippen LogP) is 2.49. The summed E-state index contributed by atoms with van der Waals surface area (Å²) in [6.07, 6.45) is 0. The molecule has 2 aromatic rings. The number of aryl methyl sites for hydroxylation is 2. The van der Waals surface area contributed by atoms with Crippen molar-refractivity contribution in [1.29, 1.82) is 0 Å². The van der Waals surface area contributed by atoms with Crippen LogP contribution in [0.4, 0.5) is 0 Å². The van der Waals surface area contributed by atoms with Crippen molar-refractivity contribution >= 4 is 16.8 Å². The number of hydrogen-bond acceptors (Lipinski definition) is 2. The van der Waals surface area contributed by atoms with E-state index in [4.69, 9.17) is 0 Å². The minimum atomic E-state index is -0.116. The average molecular weight is 286 g/mol. The third-order valence-electron chi connectivity index (χ3n) is 3.95. The Morgan fingerprint density at radius 3 is 2.43 bits per heavy atom. The topological polar surface area (TPSA) is 42.3 Å². The molecule has 21 heavy (non-hydrogen) atoms. The monoisotopic (exact) mass is 286 g/mol. The van der Waals surface area contributed by atoms with Crippen molar-refractivity contribution < 1.29 is 4.79 Å². The Hall–Kier alpha value is -2.10. The third-order valence-corrected chi connectivity index (χ3v) is 3.95. The molecule has 0 saturated carbocycles. The second-order valence-corrected chi connectivity index (χ2v) is 5.29. The van der Waals surface area contributed by atoms with Crippen LogP contribution in [-0.2, 0) is 11.3 Å². The van der Waals surface area contributed by atoms with Crippen LogP contribution in [0.3, 0.4) is 0 Å². The summed E-state index contributed by atoms with van der Waals surface area (Å²) in [5.74, 6) is -0.0180. The molecule has 1 aromatic heterocycles. The lowest BCUT2D eigenvalue weighted by Crippen LogP contribution is -2.36. The first-order valence-corrected chi connectivity index (χ1v) is 7.37. The molecule has 0 radical (unpaired) electrons. The molecule has 0 aliphatic carbocycles. The fourth-order valence-corrected chi connectivity index (χ4v) is 2.76. The molecule has 2 rings (SSSR count). The summed E-state index contributed by atoms with van der Waals surface area (Å²) in [5, 5.41) is 1.03. The van der Waals surface area contributed by atoms with Crippen molar-refractivity contribution in [2.75, 3.05) is 13.1 Å². The molecule has 0 N–H and O–H groups in total. The number of fused-ring (bicyclic) bond motifs is 1. The van der Waals surface area contributed by atoms with Gasteiger partial charge in [-0.15, -0.1) is 0 Å². The zero-order valence-corrected chi connectivity index (χ0v) is 13.1. The Morgan fingerprint density at radius 1 is 1.14 bits per heavy atom. The first kappa shape index (κ1) is 15.3. The van der Waals surface area contributed by atoms with Gasteiger partial charge >= 0.3 is 0 Å². The van der Waals surface area contributed by atoms with Crippen molar-refractivity contribution in [3.63, 3.8) is 0 Å². The molecule has 0 fully saturated rings. The Kier molecular flexibility index (Phi) is 4.46. The van der Waals surface area contributed by atoms with Crippen LogP contribution in [0.1, 0.15) is 25.0 Å². The molecule has 1 heterocycles. The van der Waals surface area contributed by atoms with Gasteiger partial charge < -0.3 is 4.90 Å². The zero-order chi connectivity index (χ0) is 15.6. The first-order chi connectivity index (χ1) is 9.99. The lowest BCUT2D eigenvalue weighted by Gasteiger charge is -2.20. The van der Waals surface area contributed by atoms with Gasteiger partial charge in [0.05, 0.1) is 5.52 Å². The van der Waals surface area contributed by atoms with Crippen LogP contribution >= 0.6 is 0 Å². The molecule has 0 bridgehead atoms. The van der Waals surface area contributed by atoms with Gasteiger partial charge in [-0.05, 0) is 38.8 Å². The number of rotatable bonds is 4. The van der Waals surface area contributed by atoms with Gasteiger partial charge in [0.15, 0.2) is 0 Å². The van der Waals surface area contributed by atoms with Crippen molar-refractivity contribution in [3.8, 4) is 0 Å². The highest BCUT2D eigenvalue weighted by Crippen LogP contribution is 2.20. The van der Waals surface area contributed by atoms with Gasteiger partial charge in [-0.1, -0.05) is 18.2 Å². The summed E-state index contributed by atoms with van der Waals surface area (Å²) < 4.78 is 1.60. The number of nitrogens with zero attached hydrogens (tertiary/aromatic N) is 2. The first-order valence-electron chi connectivity index (χ1n) is 7.37. The number of benzene rings is 1. The van der Waals surface area contributed by atoms with E-state index in [0.717, 1.165) is 22.0 Å². The summed E-state index contributed by atoms with van der Waals surface area (Å²) in [4.78, 5) is 26.4. The van der Waals surface area contributed by atoms with Crippen LogP contribution in [0.15, 0.2) is 29.1 Å². The number of para-hydroxylation sites is 1. The van der Waals surface area contributed by atoms with Crippen molar-refractivity contribution in [2.45, 2.75) is 34.2 Å². The number of carbonyl (C=O) groups excluding carboxylic acids is 1. The molecule has 0 atom stereocenters. The van der Waals surface area contributed by atoms with E-state index in [2.05, 4.69) is 0 Å². The molecule has 0 unspecified atom stereocenters. The molecule has 4 nitrogen and oxygen atoms in total. The molecule has 0 saturated heterocycles. The van der Waals surface area contributed by atoms with Gasteiger partial charge in [-0.2, -0.15) is 0 Å². The summed E-state index contributed by atoms with van der Waals surface area (Å²) >= 11 is 0. The molecule has 112 valence electrons. The fourth-order valence-electron chi connectivity index (χ4n) is 2.76. The van der Waals surface area contributed by atoms with Crippen LogP contribution < -0.4 is 5.56 Å². The maximum Gasteiger partial charge on any atom is 0.251 e. The van der Waals surface area contributed by atoms with Crippen molar-refractivity contribution in [3.05, 3.63) is 45.7 Å². The zero-order valence-electron chi connectivity index (χ0n) is 13.1. The molecule has 1 aromatic carbocycles. The predicted molar refractivity (Wildman–Crippen MR) is 85.6 cm³/mol. The van der Waals surface area contributed by atoms with E-state index < -0.39 is 0 Å². The highest BCUT2D eigenvalue weighted by molar-refractivity contribution is 5.87. The smallest absolute Gasteiger partial charge is 0.251 e. The van der Waals surface area contributed by atoms with E-state index in [1.165, 1.54) is 0 Å². The number of carbonyl (C=O) groups is 1. The van der Waals surface area contributed by atoms with Crippen LogP contribution in [0.25, 0.3) is 10.9 Å². The molecular weight excluding hydrogens is 264 g/mol. The quantitative estimate of drug-likeness (QED) is 0.866. The van der Waals surface area contributed by atoms with Crippen molar-refractivity contribution in [2.24, 2.45) is 0 Å². The molecule has 1 amide bonds. The summed E-state index contributed by atoms with van der Waals surface area (Å²) in [6.45, 7) is 9.21. The van der Waals surface area contributed by atoms with Crippen LogP contribution in [0, 0.1) is 13.8 Å². The van der Waals surface area contributed by atoms with E-state index in [0.29, 0.717) is 13.1 Å². The second kappa shape index (κ2) is 6.12. The highest BCUT2D eigenvalue weighted by atomic mass is 16.2. The number of pyridine rings is 1. The van der Waals surface area contributed by atoms with Crippen LogP contribution in [0.2, 0.25) is 0 Å². The third kappa shape index (κ3) is 2.84. The van der Waals surface area contributed by atoms with Gasteiger partial charge in [0.1, 0.15) is 6.54 Å². The highest BCUT2D eigenvalue weighted by Gasteiger charge is 2.15. The summed E-state index contributed by atoms with van der Waals surface area (Å²) in [7, 11) is 0. The van der Waals surface area contributed by atoms with E-state index >= 15 is 0 Å². The number of amides is 1. The Balaban J connectivity index is 2.59. The van der Waals surface area contributed by atoms with E-state index in [-0.39, 0.29) is 18.0 Å². The molecule has 0 aliphatic heterocycles. The van der Waals surface area contributed by atoms with Gasteiger partial charge in [-0.25, -0.2) is 0 Å². The number of aromatic nitrogens is 1. The standard InChI is InChI=1S/C17H22N2O2/c1-5-18(6-2)16(21)11-19-15(20)10-13(4)14-9-7-8-12(3)17(14)19/h7-10H,5-6,11H2,1-4H3. The minimum absolute atomic E-state index is 0.0180. The van der Waals surface area contributed by atoms with Crippen molar-refractivity contribution in [1.82, 2.24) is 9.47 Å². The van der Waals surface area contributed by atoms with E-state index in [1.807, 2.05) is 45.9 Å². The van der Waals surface area contributed by atoms with Gasteiger partial charge in [-0.3, -0.25) is 14.2 Å². The maximum atomic E-state index is 12.3. The lowest BCUT2D eigenvalue weighted by molar-refractivity contribution is -0.131. The minimum Gasteiger partial charge on any atom is -0.342 e. The molecule has 0 spiro atoms. The summed E-state index contributed by atoms with van der Waals surface area (Å²) in [5.41, 5.74) is 2.71. The molecular formula is C17H22N2O2. The van der Waals surface area contributed by atoms with Gasteiger partial charge in [0, 0.05) is 24.5 Å². The normalized spacial score (nSPS) is 10.9. The largest absolute Gasteiger partial charge is 0.342 e. The number of hydrogen-bond donors (Lipinski definition) is 0. The van der Waals surface area contributed by atoms with E-state index in [9.17, 15) is 9.59 Å². The Labute approximate surface area is 125 Å². The fraction of sp³-hybridized carbons (Fsp3) is 0.412. The van der Waals surface area contributed by atoms with Gasteiger partial charge in [0.25, 0.3) is 5.56 Å². The maximum absolute atomic E-state index is 12.3. The van der Waals surface area contributed by atoms with Crippen LogP contribution in [0.5, 0.6) is 0 Å². The Morgan fingerprint density at radius 2 is 1.81 bits per heavy atom. The molecule has 4 heteroatoms. The second-order valence-electron chi connectivity index (χ2n) is 5.29. The average Bonchev–Trinajstić information content (AvgIpc) is 2.45. The molecule has 0 aliphatic rings. The van der Waals surface area contributed by atoms with E-state index in [1.54, 1.807) is 15.5 Å². The van der Waals surface area contributed by atoms with Gasteiger partial charge in [0.2, 0.25) is 5.91 Å². The summed E-state index contributed by atoms with van der Waals surface area (Å²) in [6, 6.07) is 7.55. The SMILES string of the molecule is CCN(CC)C(=O)Cn1c(=O)cc(C)c2cccc(C)c21. The van der Waals surface area contributed by atoms with Crippen LogP contribution in [-0.4, -0.2) is 28.5 Å².